The van der Waals surface area contributed by atoms with Gasteiger partial charge in [-0.05, 0) is 24.0 Å². The molecule has 94 valence electrons. The Balaban J connectivity index is 2.24. The summed E-state index contributed by atoms with van der Waals surface area (Å²) in [6.07, 6.45) is 2.46. The Labute approximate surface area is 106 Å². The molecule has 0 bridgehead atoms. The van der Waals surface area contributed by atoms with E-state index in [2.05, 4.69) is 9.97 Å². The van der Waals surface area contributed by atoms with E-state index < -0.39 is 5.97 Å². The monoisotopic (exact) mass is 244 g/mol. The van der Waals surface area contributed by atoms with E-state index >= 15 is 0 Å². The third kappa shape index (κ3) is 3.03. The number of carboxylic acids is 1. The number of aliphatic carboxylic acids is 1. The van der Waals surface area contributed by atoms with Gasteiger partial charge in [0.2, 0.25) is 0 Å². The lowest BCUT2D eigenvalue weighted by molar-refractivity contribution is -0.139. The van der Waals surface area contributed by atoms with Crippen molar-refractivity contribution in [2.24, 2.45) is 5.41 Å². The van der Waals surface area contributed by atoms with Crippen LogP contribution in [0, 0.1) is 5.41 Å². The Kier molecular flexibility index (Phi) is 3.28. The van der Waals surface area contributed by atoms with Crippen LogP contribution in [0.1, 0.15) is 26.0 Å². The van der Waals surface area contributed by atoms with Crippen molar-refractivity contribution in [3.05, 3.63) is 36.2 Å². The second kappa shape index (κ2) is 4.72. The van der Waals surface area contributed by atoms with Crippen LogP contribution in [0.3, 0.4) is 0 Å². The molecule has 1 aromatic carbocycles. The number of hydrogen-bond donors (Lipinski definition) is 1. The third-order valence-corrected chi connectivity index (χ3v) is 2.79. The SMILES string of the molecule is CC(C)(CC(=O)O)Cc1cnc2ccccc2n1. The van der Waals surface area contributed by atoms with Crippen LogP contribution < -0.4 is 0 Å². The predicted molar refractivity (Wildman–Crippen MR) is 69.3 cm³/mol. The van der Waals surface area contributed by atoms with Gasteiger partial charge in [-0.1, -0.05) is 26.0 Å². The summed E-state index contributed by atoms with van der Waals surface area (Å²) in [5.41, 5.74) is 2.22. The van der Waals surface area contributed by atoms with Gasteiger partial charge in [-0.3, -0.25) is 9.78 Å². The minimum absolute atomic E-state index is 0.126. The molecular formula is C14H16N2O2. The average molecular weight is 244 g/mol. The summed E-state index contributed by atoms with van der Waals surface area (Å²) in [5.74, 6) is -0.784. The molecule has 0 fully saturated rings. The number of para-hydroxylation sites is 2. The second-order valence-electron chi connectivity index (χ2n) is 5.26. The van der Waals surface area contributed by atoms with Gasteiger partial charge in [-0.2, -0.15) is 0 Å². The van der Waals surface area contributed by atoms with Gasteiger partial charge in [0.1, 0.15) is 0 Å². The quantitative estimate of drug-likeness (QED) is 0.898. The molecule has 0 aliphatic heterocycles. The van der Waals surface area contributed by atoms with Crippen molar-refractivity contribution in [1.82, 2.24) is 9.97 Å². The van der Waals surface area contributed by atoms with Gasteiger partial charge >= 0.3 is 5.97 Å². The van der Waals surface area contributed by atoms with Crippen LogP contribution in [0.25, 0.3) is 11.0 Å². The molecule has 0 aliphatic carbocycles. The molecule has 4 nitrogen and oxygen atoms in total. The zero-order valence-corrected chi connectivity index (χ0v) is 10.6. The molecule has 2 aromatic rings. The van der Waals surface area contributed by atoms with Gasteiger partial charge in [0.15, 0.2) is 0 Å². The van der Waals surface area contributed by atoms with Crippen molar-refractivity contribution in [1.29, 1.82) is 0 Å². The zero-order chi connectivity index (χ0) is 13.2. The van der Waals surface area contributed by atoms with Crippen LogP contribution in [-0.4, -0.2) is 21.0 Å². The summed E-state index contributed by atoms with van der Waals surface area (Å²) in [5, 5.41) is 8.86. The molecule has 2 rings (SSSR count). The van der Waals surface area contributed by atoms with E-state index in [1.54, 1.807) is 6.20 Å². The van der Waals surface area contributed by atoms with Crippen LogP contribution in [0.4, 0.5) is 0 Å². The molecule has 18 heavy (non-hydrogen) atoms. The molecule has 1 N–H and O–H groups in total. The van der Waals surface area contributed by atoms with E-state index in [0.717, 1.165) is 16.7 Å². The fourth-order valence-corrected chi connectivity index (χ4v) is 2.04. The highest BCUT2D eigenvalue weighted by atomic mass is 16.4. The maximum Gasteiger partial charge on any atom is 0.303 e. The number of rotatable bonds is 4. The average Bonchev–Trinajstić information content (AvgIpc) is 2.26. The number of nitrogens with zero attached hydrogens (tertiary/aromatic N) is 2. The predicted octanol–water partition coefficient (Wildman–Crippen LogP) is 2.67. The summed E-state index contributed by atoms with van der Waals surface area (Å²) in [6, 6.07) is 7.67. The first kappa shape index (κ1) is 12.5. The summed E-state index contributed by atoms with van der Waals surface area (Å²) in [4.78, 5) is 19.6. The van der Waals surface area contributed by atoms with E-state index in [-0.39, 0.29) is 11.8 Å². The van der Waals surface area contributed by atoms with Gasteiger partial charge in [-0.25, -0.2) is 4.98 Å². The Morgan fingerprint density at radius 1 is 1.28 bits per heavy atom. The van der Waals surface area contributed by atoms with Gasteiger partial charge in [0.25, 0.3) is 0 Å². The van der Waals surface area contributed by atoms with E-state index in [9.17, 15) is 4.79 Å². The summed E-state index contributed by atoms with van der Waals surface area (Å²) in [6.45, 7) is 3.86. The highest BCUT2D eigenvalue weighted by Crippen LogP contribution is 2.25. The van der Waals surface area contributed by atoms with E-state index in [4.69, 9.17) is 5.11 Å². The zero-order valence-electron chi connectivity index (χ0n) is 10.6. The third-order valence-electron chi connectivity index (χ3n) is 2.79. The van der Waals surface area contributed by atoms with Crippen LogP contribution in [0.2, 0.25) is 0 Å². The van der Waals surface area contributed by atoms with Crippen molar-refractivity contribution in [2.45, 2.75) is 26.7 Å². The lowest BCUT2D eigenvalue weighted by Gasteiger charge is -2.21. The Morgan fingerprint density at radius 3 is 2.61 bits per heavy atom. The van der Waals surface area contributed by atoms with Gasteiger partial charge in [0.05, 0.1) is 23.1 Å². The maximum absolute atomic E-state index is 10.8. The Bertz CT molecular complexity index is 579. The first-order valence-corrected chi connectivity index (χ1v) is 5.89. The molecule has 0 amide bonds. The van der Waals surface area contributed by atoms with Crippen molar-refractivity contribution < 1.29 is 9.90 Å². The van der Waals surface area contributed by atoms with E-state index in [1.807, 2.05) is 38.1 Å². The lowest BCUT2D eigenvalue weighted by Crippen LogP contribution is -2.20. The molecular weight excluding hydrogens is 228 g/mol. The first-order valence-electron chi connectivity index (χ1n) is 5.89. The summed E-state index contributed by atoms with van der Waals surface area (Å²) in [7, 11) is 0. The Hall–Kier alpha value is -1.97. The summed E-state index contributed by atoms with van der Waals surface area (Å²) >= 11 is 0. The standard InChI is InChI=1S/C14H16N2O2/c1-14(2,8-13(17)18)7-10-9-15-11-5-3-4-6-12(11)16-10/h3-6,9H,7-8H2,1-2H3,(H,17,18). The molecule has 4 heteroatoms. The van der Waals surface area contributed by atoms with Crippen molar-refractivity contribution >= 4 is 17.0 Å². The molecule has 0 aliphatic rings. The normalized spacial score (nSPS) is 11.7. The number of benzene rings is 1. The minimum atomic E-state index is -0.784. The maximum atomic E-state index is 10.8. The topological polar surface area (TPSA) is 63.1 Å². The van der Waals surface area contributed by atoms with E-state index in [1.165, 1.54) is 0 Å². The summed E-state index contributed by atoms with van der Waals surface area (Å²) < 4.78 is 0. The minimum Gasteiger partial charge on any atom is -0.481 e. The molecule has 0 saturated heterocycles. The highest BCUT2D eigenvalue weighted by molar-refractivity contribution is 5.73. The van der Waals surface area contributed by atoms with Crippen LogP contribution >= 0.6 is 0 Å². The van der Waals surface area contributed by atoms with Crippen LogP contribution in [0.5, 0.6) is 0 Å². The van der Waals surface area contributed by atoms with Crippen LogP contribution in [0.15, 0.2) is 30.5 Å². The largest absolute Gasteiger partial charge is 0.481 e. The molecule has 0 saturated carbocycles. The number of aromatic nitrogens is 2. The number of fused-ring (bicyclic) bond motifs is 1. The number of hydrogen-bond acceptors (Lipinski definition) is 3. The highest BCUT2D eigenvalue weighted by Gasteiger charge is 2.23. The van der Waals surface area contributed by atoms with E-state index in [0.29, 0.717) is 6.42 Å². The van der Waals surface area contributed by atoms with Gasteiger partial charge < -0.3 is 5.11 Å². The molecule has 1 heterocycles. The molecule has 1 aromatic heterocycles. The lowest BCUT2D eigenvalue weighted by atomic mass is 9.84. The molecule has 0 unspecified atom stereocenters. The van der Waals surface area contributed by atoms with Crippen molar-refractivity contribution in [2.75, 3.05) is 0 Å². The Morgan fingerprint density at radius 2 is 1.94 bits per heavy atom. The fraction of sp³-hybridized carbons (Fsp3) is 0.357. The fourth-order valence-electron chi connectivity index (χ4n) is 2.04. The second-order valence-corrected chi connectivity index (χ2v) is 5.26. The molecule has 0 radical (unpaired) electrons. The van der Waals surface area contributed by atoms with Crippen molar-refractivity contribution in [3.63, 3.8) is 0 Å². The van der Waals surface area contributed by atoms with Gasteiger partial charge in [-0.15, -0.1) is 0 Å². The number of carbonyl (C=O) groups is 1. The van der Waals surface area contributed by atoms with Gasteiger partial charge in [0, 0.05) is 6.20 Å². The van der Waals surface area contributed by atoms with Crippen LogP contribution in [-0.2, 0) is 11.2 Å². The number of carboxylic acid groups (broad SMARTS) is 1. The first-order chi connectivity index (χ1) is 8.46. The molecule has 0 spiro atoms. The smallest absolute Gasteiger partial charge is 0.303 e. The molecule has 0 atom stereocenters. The van der Waals surface area contributed by atoms with Crippen molar-refractivity contribution in [3.8, 4) is 0 Å².